The van der Waals surface area contributed by atoms with E-state index in [1.165, 1.54) is 12.5 Å². The first-order valence-corrected chi connectivity index (χ1v) is 8.78. The van der Waals surface area contributed by atoms with Crippen LogP contribution in [0.15, 0.2) is 54.6 Å². The molecule has 0 radical (unpaired) electrons. The second-order valence-corrected chi connectivity index (χ2v) is 6.44. The highest BCUT2D eigenvalue weighted by atomic mass is 16.2. The lowest BCUT2D eigenvalue weighted by molar-refractivity contribution is -0.114. The van der Waals surface area contributed by atoms with E-state index in [0.717, 1.165) is 16.9 Å². The Bertz CT molecular complexity index is 998. The number of carbonyl (C=O) groups is 2. The van der Waals surface area contributed by atoms with Crippen LogP contribution in [0.5, 0.6) is 0 Å². The number of benzene rings is 2. The number of hydrogen-bond acceptors (Lipinski definition) is 5. The summed E-state index contributed by atoms with van der Waals surface area (Å²) >= 11 is 0. The number of nitrogens with zero attached hydrogens (tertiary/aromatic N) is 2. The van der Waals surface area contributed by atoms with Crippen LogP contribution in [0.1, 0.15) is 28.5 Å². The van der Waals surface area contributed by atoms with E-state index in [-0.39, 0.29) is 17.5 Å². The zero-order valence-corrected chi connectivity index (χ0v) is 15.9. The van der Waals surface area contributed by atoms with Gasteiger partial charge in [-0.2, -0.15) is 0 Å². The maximum atomic E-state index is 12.3. The molecule has 0 unspecified atom stereocenters. The van der Waals surface area contributed by atoms with Gasteiger partial charge in [0.25, 0.3) is 5.91 Å². The molecule has 2 amide bonds. The van der Waals surface area contributed by atoms with Gasteiger partial charge < -0.3 is 16.0 Å². The first-order valence-electron chi connectivity index (χ1n) is 8.78. The van der Waals surface area contributed by atoms with Crippen LogP contribution in [0.25, 0.3) is 0 Å². The van der Waals surface area contributed by atoms with E-state index in [0.29, 0.717) is 11.5 Å². The summed E-state index contributed by atoms with van der Waals surface area (Å²) in [6, 6.07) is 16.2. The number of hydrogen-bond donors (Lipinski definition) is 3. The number of rotatable bonds is 5. The Labute approximate surface area is 163 Å². The predicted molar refractivity (Wildman–Crippen MR) is 110 cm³/mol. The van der Waals surface area contributed by atoms with E-state index in [9.17, 15) is 9.59 Å². The number of aryl methyl sites for hydroxylation is 2. The summed E-state index contributed by atoms with van der Waals surface area (Å²) in [6.45, 7) is 5.47. The van der Waals surface area contributed by atoms with Gasteiger partial charge in [0.15, 0.2) is 11.5 Å². The third-order valence-electron chi connectivity index (χ3n) is 4.14. The van der Waals surface area contributed by atoms with E-state index in [1.807, 2.05) is 44.2 Å². The second kappa shape index (κ2) is 8.30. The Kier molecular flexibility index (Phi) is 5.64. The minimum atomic E-state index is -0.318. The molecule has 0 atom stereocenters. The SMILES string of the molecule is CC(=O)Nc1ccc(Nc2ccc(C(=O)Nc3ccc(C)c(C)c3)nn2)cc1. The normalized spacial score (nSPS) is 10.2. The van der Waals surface area contributed by atoms with Crippen molar-refractivity contribution < 1.29 is 9.59 Å². The highest BCUT2D eigenvalue weighted by Crippen LogP contribution is 2.18. The fourth-order valence-electron chi connectivity index (χ4n) is 2.52. The number of aromatic nitrogens is 2. The van der Waals surface area contributed by atoms with E-state index in [1.54, 1.807) is 24.3 Å². The summed E-state index contributed by atoms with van der Waals surface area (Å²) in [7, 11) is 0. The fraction of sp³-hybridized carbons (Fsp3) is 0.143. The van der Waals surface area contributed by atoms with Crippen LogP contribution >= 0.6 is 0 Å². The molecule has 1 heterocycles. The zero-order chi connectivity index (χ0) is 20.1. The van der Waals surface area contributed by atoms with E-state index in [2.05, 4.69) is 26.1 Å². The summed E-state index contributed by atoms with van der Waals surface area (Å²) in [5.41, 5.74) is 4.71. The molecule has 7 heteroatoms. The largest absolute Gasteiger partial charge is 0.339 e. The van der Waals surface area contributed by atoms with Crippen molar-refractivity contribution in [3.8, 4) is 0 Å². The average Bonchev–Trinajstić information content (AvgIpc) is 2.66. The Morgan fingerprint density at radius 1 is 0.750 bits per heavy atom. The lowest BCUT2D eigenvalue weighted by Crippen LogP contribution is -2.14. The molecule has 0 saturated carbocycles. The number of carbonyl (C=O) groups excluding carboxylic acids is 2. The van der Waals surface area contributed by atoms with Gasteiger partial charge in [-0.25, -0.2) is 0 Å². The third-order valence-corrected chi connectivity index (χ3v) is 4.14. The van der Waals surface area contributed by atoms with E-state index < -0.39 is 0 Å². The summed E-state index contributed by atoms with van der Waals surface area (Å²) in [5, 5.41) is 16.7. The minimum Gasteiger partial charge on any atom is -0.339 e. The van der Waals surface area contributed by atoms with Crippen molar-refractivity contribution >= 4 is 34.7 Å². The van der Waals surface area contributed by atoms with Gasteiger partial charge in [0, 0.05) is 24.0 Å². The maximum absolute atomic E-state index is 12.3. The Hall–Kier alpha value is -3.74. The lowest BCUT2D eigenvalue weighted by atomic mass is 10.1. The van der Waals surface area contributed by atoms with Crippen LogP contribution < -0.4 is 16.0 Å². The molecule has 0 aliphatic carbocycles. The smallest absolute Gasteiger partial charge is 0.276 e. The fourth-order valence-corrected chi connectivity index (χ4v) is 2.52. The first kappa shape index (κ1) is 19.0. The molecule has 0 fully saturated rings. The van der Waals surface area contributed by atoms with Gasteiger partial charge in [0.05, 0.1) is 0 Å². The van der Waals surface area contributed by atoms with Crippen molar-refractivity contribution in [3.05, 3.63) is 71.4 Å². The quantitative estimate of drug-likeness (QED) is 0.625. The van der Waals surface area contributed by atoms with Crippen molar-refractivity contribution in [1.29, 1.82) is 0 Å². The minimum absolute atomic E-state index is 0.124. The Morgan fingerprint density at radius 2 is 1.43 bits per heavy atom. The van der Waals surface area contributed by atoms with Crippen molar-refractivity contribution in [2.24, 2.45) is 0 Å². The van der Waals surface area contributed by atoms with Crippen molar-refractivity contribution in [1.82, 2.24) is 10.2 Å². The standard InChI is InChI=1S/C21H21N5O2/c1-13-4-5-18(12-14(13)2)24-21(28)19-10-11-20(26-25-19)23-17-8-6-16(7-9-17)22-15(3)27/h4-12H,1-3H3,(H,22,27)(H,23,26)(H,24,28). The third kappa shape index (κ3) is 4.91. The van der Waals surface area contributed by atoms with Crippen LogP contribution in [0.2, 0.25) is 0 Å². The van der Waals surface area contributed by atoms with Gasteiger partial charge in [-0.15, -0.1) is 10.2 Å². The number of nitrogens with one attached hydrogen (secondary N) is 3. The van der Waals surface area contributed by atoms with Gasteiger partial charge in [-0.1, -0.05) is 6.07 Å². The Morgan fingerprint density at radius 3 is 2.04 bits per heavy atom. The maximum Gasteiger partial charge on any atom is 0.276 e. The highest BCUT2D eigenvalue weighted by Gasteiger charge is 2.09. The van der Waals surface area contributed by atoms with Crippen molar-refractivity contribution in [2.75, 3.05) is 16.0 Å². The monoisotopic (exact) mass is 375 g/mol. The van der Waals surface area contributed by atoms with Crippen LogP contribution in [0.4, 0.5) is 22.9 Å². The van der Waals surface area contributed by atoms with Crippen LogP contribution in [-0.4, -0.2) is 22.0 Å². The molecule has 0 bridgehead atoms. The molecule has 28 heavy (non-hydrogen) atoms. The summed E-state index contributed by atoms with van der Waals surface area (Å²) in [4.78, 5) is 23.4. The number of anilines is 4. The molecule has 7 nitrogen and oxygen atoms in total. The van der Waals surface area contributed by atoms with E-state index in [4.69, 9.17) is 0 Å². The summed E-state index contributed by atoms with van der Waals surface area (Å²) in [6.07, 6.45) is 0. The molecular formula is C21H21N5O2. The molecular weight excluding hydrogens is 354 g/mol. The molecule has 0 aliphatic rings. The van der Waals surface area contributed by atoms with Crippen molar-refractivity contribution in [2.45, 2.75) is 20.8 Å². The molecule has 0 saturated heterocycles. The Balaban J connectivity index is 1.63. The lowest BCUT2D eigenvalue weighted by Gasteiger charge is -2.08. The van der Waals surface area contributed by atoms with Gasteiger partial charge in [0.1, 0.15) is 0 Å². The molecule has 0 aliphatic heterocycles. The molecule has 3 aromatic rings. The molecule has 2 aromatic carbocycles. The zero-order valence-electron chi connectivity index (χ0n) is 15.9. The van der Waals surface area contributed by atoms with Crippen LogP contribution in [-0.2, 0) is 4.79 Å². The van der Waals surface area contributed by atoms with Gasteiger partial charge in [0.2, 0.25) is 5.91 Å². The number of amides is 2. The molecule has 0 spiro atoms. The van der Waals surface area contributed by atoms with Gasteiger partial charge in [-0.3, -0.25) is 9.59 Å². The molecule has 1 aromatic heterocycles. The van der Waals surface area contributed by atoms with Crippen LogP contribution in [0.3, 0.4) is 0 Å². The molecule has 3 rings (SSSR count). The van der Waals surface area contributed by atoms with Gasteiger partial charge in [-0.05, 0) is 73.5 Å². The second-order valence-electron chi connectivity index (χ2n) is 6.44. The van der Waals surface area contributed by atoms with Crippen molar-refractivity contribution in [3.63, 3.8) is 0 Å². The van der Waals surface area contributed by atoms with Crippen LogP contribution in [0, 0.1) is 13.8 Å². The van der Waals surface area contributed by atoms with E-state index >= 15 is 0 Å². The highest BCUT2D eigenvalue weighted by molar-refractivity contribution is 6.02. The topological polar surface area (TPSA) is 96.0 Å². The molecule has 142 valence electrons. The first-order chi connectivity index (χ1) is 13.4. The summed E-state index contributed by atoms with van der Waals surface area (Å²) in [5.74, 6) is 0.0678. The summed E-state index contributed by atoms with van der Waals surface area (Å²) < 4.78 is 0. The predicted octanol–water partition coefficient (Wildman–Crippen LogP) is 4.05. The molecule has 3 N–H and O–H groups in total. The van der Waals surface area contributed by atoms with Gasteiger partial charge >= 0.3 is 0 Å². The average molecular weight is 375 g/mol.